The average molecular weight is 372 g/mol. The minimum absolute atomic E-state index is 0. The summed E-state index contributed by atoms with van der Waals surface area (Å²) < 4.78 is 26.8. The molecule has 22 heavy (non-hydrogen) atoms. The molecule has 3 rings (SSSR count). The molecular weight excluding hydrogens is 352 g/mol. The van der Waals surface area contributed by atoms with Crippen LogP contribution >= 0.6 is 17.0 Å². The van der Waals surface area contributed by atoms with Gasteiger partial charge in [-0.15, -0.1) is 17.0 Å². The lowest BCUT2D eigenvalue weighted by molar-refractivity contribution is 0.406. The maximum absolute atomic E-state index is 13.4. The first-order chi connectivity index (χ1) is 10.1. The van der Waals surface area contributed by atoms with Gasteiger partial charge >= 0.3 is 0 Å². The van der Waals surface area contributed by atoms with Crippen LogP contribution in [0.4, 0.5) is 8.78 Å². The van der Waals surface area contributed by atoms with E-state index in [4.69, 9.17) is 0 Å². The Morgan fingerprint density at radius 2 is 2.00 bits per heavy atom. The molecule has 1 aliphatic carbocycles. The van der Waals surface area contributed by atoms with E-state index >= 15 is 0 Å². The highest BCUT2D eigenvalue weighted by Crippen LogP contribution is 2.33. The molecule has 1 aromatic carbocycles. The van der Waals surface area contributed by atoms with Crippen molar-refractivity contribution in [2.45, 2.75) is 19.3 Å². The second kappa shape index (κ2) is 7.38. The normalized spacial score (nSPS) is 24.0. The summed E-state index contributed by atoms with van der Waals surface area (Å²) >= 11 is 0. The van der Waals surface area contributed by atoms with Crippen LogP contribution in [-0.4, -0.2) is 18.2 Å². The number of rotatable bonds is 3. The van der Waals surface area contributed by atoms with Crippen LogP contribution in [0, 0.1) is 23.5 Å². The molecule has 0 spiro atoms. The third kappa shape index (κ3) is 3.58. The number of aromatic hydroxyl groups is 1. The molecule has 0 saturated carbocycles. The van der Waals surface area contributed by atoms with Crippen molar-refractivity contribution in [3.63, 3.8) is 0 Å². The lowest BCUT2D eigenvalue weighted by atomic mass is 9.82. The second-order valence-corrected chi connectivity index (χ2v) is 5.81. The number of allylic oxidation sites excluding steroid dienone is 3. The van der Waals surface area contributed by atoms with E-state index in [1.54, 1.807) is 0 Å². The summed E-state index contributed by atoms with van der Waals surface area (Å²) in [6.45, 7) is 1.67. The molecule has 0 amide bonds. The molecule has 0 unspecified atom stereocenters. The highest BCUT2D eigenvalue weighted by atomic mass is 79.9. The molecule has 1 fully saturated rings. The monoisotopic (exact) mass is 371 g/mol. The molecule has 2 aliphatic rings. The van der Waals surface area contributed by atoms with Gasteiger partial charge in [-0.3, -0.25) is 0 Å². The van der Waals surface area contributed by atoms with Gasteiger partial charge in [-0.1, -0.05) is 18.2 Å². The second-order valence-electron chi connectivity index (χ2n) is 5.81. The molecule has 5 heteroatoms. The Morgan fingerprint density at radius 3 is 2.73 bits per heavy atom. The highest BCUT2D eigenvalue weighted by molar-refractivity contribution is 8.93. The van der Waals surface area contributed by atoms with Crippen molar-refractivity contribution in [3.8, 4) is 5.75 Å². The molecule has 1 saturated heterocycles. The number of benzene rings is 1. The summed E-state index contributed by atoms with van der Waals surface area (Å²) in [6.07, 6.45) is 9.17. The van der Waals surface area contributed by atoms with Crippen LogP contribution in [0.3, 0.4) is 0 Å². The molecule has 0 aromatic heterocycles. The van der Waals surface area contributed by atoms with Crippen LogP contribution < -0.4 is 5.32 Å². The predicted molar refractivity (Wildman–Crippen MR) is 88.4 cm³/mol. The quantitative estimate of drug-likeness (QED) is 0.844. The zero-order chi connectivity index (χ0) is 14.8. The van der Waals surface area contributed by atoms with Crippen molar-refractivity contribution < 1.29 is 13.9 Å². The number of nitrogens with one attached hydrogen (secondary N) is 1. The summed E-state index contributed by atoms with van der Waals surface area (Å²) in [7, 11) is 0. The van der Waals surface area contributed by atoms with Crippen molar-refractivity contribution in [2.75, 3.05) is 13.1 Å². The summed E-state index contributed by atoms with van der Waals surface area (Å²) in [4.78, 5) is 0. The molecule has 0 radical (unpaired) electrons. The maximum atomic E-state index is 13.4. The van der Waals surface area contributed by atoms with Gasteiger partial charge in [-0.2, -0.15) is 0 Å². The molecule has 1 aliphatic heterocycles. The Kier molecular flexibility index (Phi) is 5.75. The minimum atomic E-state index is -0.885. The first-order valence-corrected chi connectivity index (χ1v) is 7.39. The number of halogens is 3. The van der Waals surface area contributed by atoms with E-state index in [1.807, 2.05) is 0 Å². The summed E-state index contributed by atoms with van der Waals surface area (Å²) in [6, 6.07) is 1.95. The zero-order valence-electron chi connectivity index (χ0n) is 12.2. The fourth-order valence-electron chi connectivity index (χ4n) is 3.30. The first-order valence-electron chi connectivity index (χ1n) is 7.39. The predicted octanol–water partition coefficient (Wildman–Crippen LogP) is 3.90. The van der Waals surface area contributed by atoms with E-state index < -0.39 is 17.4 Å². The average Bonchev–Trinajstić information content (AvgIpc) is 2.93. The van der Waals surface area contributed by atoms with Crippen LogP contribution in [0.2, 0.25) is 0 Å². The molecule has 120 valence electrons. The van der Waals surface area contributed by atoms with Crippen molar-refractivity contribution in [3.05, 3.63) is 53.1 Å². The van der Waals surface area contributed by atoms with E-state index in [-0.39, 0.29) is 22.9 Å². The van der Waals surface area contributed by atoms with Crippen LogP contribution in [0.5, 0.6) is 5.75 Å². The van der Waals surface area contributed by atoms with Crippen LogP contribution in [-0.2, 0) is 6.42 Å². The van der Waals surface area contributed by atoms with Gasteiger partial charge in [0.25, 0.3) is 0 Å². The molecule has 0 bridgehead atoms. The minimum Gasteiger partial charge on any atom is -0.505 e. The van der Waals surface area contributed by atoms with Gasteiger partial charge in [0.15, 0.2) is 11.6 Å². The summed E-state index contributed by atoms with van der Waals surface area (Å²) in [5.41, 5.74) is 1.65. The third-order valence-corrected chi connectivity index (χ3v) is 4.38. The fourth-order valence-corrected chi connectivity index (χ4v) is 3.30. The topological polar surface area (TPSA) is 32.3 Å². The largest absolute Gasteiger partial charge is 0.505 e. The Hall–Kier alpha value is -1.20. The van der Waals surface area contributed by atoms with E-state index in [9.17, 15) is 13.9 Å². The van der Waals surface area contributed by atoms with E-state index in [0.717, 1.165) is 32.0 Å². The molecule has 2 nitrogen and oxygen atoms in total. The van der Waals surface area contributed by atoms with Crippen molar-refractivity contribution >= 4 is 17.0 Å². The van der Waals surface area contributed by atoms with Crippen molar-refractivity contribution in [1.29, 1.82) is 0 Å². The van der Waals surface area contributed by atoms with Crippen molar-refractivity contribution in [2.24, 2.45) is 11.8 Å². The van der Waals surface area contributed by atoms with Crippen LogP contribution in [0.15, 0.2) is 35.9 Å². The highest BCUT2D eigenvalue weighted by Gasteiger charge is 2.30. The maximum Gasteiger partial charge on any atom is 0.168 e. The summed E-state index contributed by atoms with van der Waals surface area (Å²) in [5, 5.41) is 13.1. The van der Waals surface area contributed by atoms with Gasteiger partial charge < -0.3 is 10.4 Å². The lowest BCUT2D eigenvalue weighted by Gasteiger charge is -2.22. The van der Waals surface area contributed by atoms with Crippen LogP contribution in [0.1, 0.15) is 18.4 Å². The van der Waals surface area contributed by atoms with Gasteiger partial charge in [-0.25, -0.2) is 8.78 Å². The van der Waals surface area contributed by atoms with Gasteiger partial charge in [0.05, 0.1) is 0 Å². The van der Waals surface area contributed by atoms with Gasteiger partial charge in [0.2, 0.25) is 0 Å². The standard InChI is InChI=1S/C17H19F2NO.BrH/c18-14-7-12(17(21)16(19)8-14)6-13-9-20-10-15(13)11-4-2-1-3-5-11;/h2,4-5,7-8,13,15,20-21H,1,3,6,9-10H2;1H/t13-,15+;/m0./s1. The Balaban J connectivity index is 0.00000176. The lowest BCUT2D eigenvalue weighted by Crippen LogP contribution is -2.17. The Bertz CT molecular complexity index is 601. The molecule has 1 aromatic rings. The summed E-state index contributed by atoms with van der Waals surface area (Å²) in [5.74, 6) is -1.36. The number of hydrogen-bond acceptors (Lipinski definition) is 2. The molecule has 2 atom stereocenters. The number of phenols is 1. The van der Waals surface area contributed by atoms with Gasteiger partial charge in [0, 0.05) is 24.1 Å². The SMILES string of the molecule is Br.Oc1c(F)cc(F)cc1C[C@H]1CNC[C@@H]1C1=CCCC=C1. The molecular formula is C17H20BrF2NO. The van der Waals surface area contributed by atoms with E-state index in [1.165, 1.54) is 11.6 Å². The van der Waals surface area contributed by atoms with E-state index in [2.05, 4.69) is 23.5 Å². The fraction of sp³-hybridized carbons (Fsp3) is 0.412. The van der Waals surface area contributed by atoms with Crippen LogP contribution in [0.25, 0.3) is 0 Å². The Morgan fingerprint density at radius 1 is 1.18 bits per heavy atom. The first kappa shape index (κ1) is 17.2. The zero-order valence-corrected chi connectivity index (χ0v) is 13.9. The van der Waals surface area contributed by atoms with Gasteiger partial charge in [0.1, 0.15) is 5.82 Å². The smallest absolute Gasteiger partial charge is 0.168 e. The van der Waals surface area contributed by atoms with Gasteiger partial charge in [-0.05, 0) is 43.4 Å². The Labute approximate surface area is 139 Å². The number of hydrogen-bond donors (Lipinski definition) is 2. The molecule has 1 heterocycles. The van der Waals surface area contributed by atoms with Crippen molar-refractivity contribution in [1.82, 2.24) is 5.32 Å². The van der Waals surface area contributed by atoms with E-state index in [0.29, 0.717) is 17.9 Å². The number of phenolic OH excluding ortho intramolecular Hbond substituents is 1. The molecule has 2 N–H and O–H groups in total. The third-order valence-electron chi connectivity index (χ3n) is 4.38.